The van der Waals surface area contributed by atoms with Crippen LogP contribution in [0.15, 0.2) is 23.8 Å². The van der Waals surface area contributed by atoms with E-state index in [4.69, 9.17) is 10.5 Å². The summed E-state index contributed by atoms with van der Waals surface area (Å²) in [4.78, 5) is 0. The average Bonchev–Trinajstić information content (AvgIpc) is 2.32. The van der Waals surface area contributed by atoms with Gasteiger partial charge in [-0.05, 0) is 55.9 Å². The normalized spacial score (nSPS) is 22.8. The molecule has 0 saturated heterocycles. The number of hydrogen-bond acceptors (Lipinski definition) is 2. The van der Waals surface area contributed by atoms with Crippen LogP contribution in [0.3, 0.4) is 0 Å². The van der Waals surface area contributed by atoms with Gasteiger partial charge in [0.1, 0.15) is 5.75 Å². The van der Waals surface area contributed by atoms with Gasteiger partial charge >= 0.3 is 0 Å². The minimum absolute atomic E-state index is 0.355. The van der Waals surface area contributed by atoms with E-state index in [1.165, 1.54) is 36.0 Å². The van der Waals surface area contributed by atoms with Crippen molar-refractivity contribution in [3.63, 3.8) is 0 Å². The highest BCUT2D eigenvalue weighted by Gasteiger charge is 2.13. The first kappa shape index (κ1) is 12.2. The molecule has 0 aliphatic heterocycles. The Labute approximate surface area is 103 Å². The van der Waals surface area contributed by atoms with E-state index < -0.39 is 0 Å². The van der Waals surface area contributed by atoms with Gasteiger partial charge < -0.3 is 10.5 Å². The van der Waals surface area contributed by atoms with E-state index in [0.717, 1.165) is 12.2 Å². The summed E-state index contributed by atoms with van der Waals surface area (Å²) in [5.41, 5.74) is 10.0. The van der Waals surface area contributed by atoms with Gasteiger partial charge in [-0.1, -0.05) is 17.7 Å². The molecule has 0 heterocycles. The summed E-state index contributed by atoms with van der Waals surface area (Å²) >= 11 is 0. The fourth-order valence-corrected chi connectivity index (χ4v) is 2.42. The van der Waals surface area contributed by atoms with Crippen LogP contribution in [0.25, 0.3) is 6.08 Å². The van der Waals surface area contributed by atoms with Gasteiger partial charge in [-0.15, -0.1) is 0 Å². The zero-order valence-corrected chi connectivity index (χ0v) is 10.7. The zero-order chi connectivity index (χ0) is 12.3. The van der Waals surface area contributed by atoms with Gasteiger partial charge in [-0.25, -0.2) is 0 Å². The molecule has 1 aliphatic rings. The van der Waals surface area contributed by atoms with E-state index in [1.807, 2.05) is 6.07 Å². The summed E-state index contributed by atoms with van der Waals surface area (Å²) in [6.07, 6.45) is 6.93. The van der Waals surface area contributed by atoms with Crippen LogP contribution in [-0.2, 0) is 0 Å². The lowest BCUT2D eigenvalue weighted by Gasteiger charge is -2.20. The quantitative estimate of drug-likeness (QED) is 0.847. The van der Waals surface area contributed by atoms with Crippen molar-refractivity contribution in [3.8, 4) is 5.75 Å². The summed E-state index contributed by atoms with van der Waals surface area (Å²) in [6, 6.07) is 6.58. The minimum atomic E-state index is 0.355. The third-order valence-corrected chi connectivity index (χ3v) is 3.43. The number of ether oxygens (including phenoxy) is 1. The van der Waals surface area contributed by atoms with E-state index in [1.54, 1.807) is 7.11 Å². The average molecular weight is 231 g/mol. The first-order valence-corrected chi connectivity index (χ1v) is 6.28. The molecule has 2 N–H and O–H groups in total. The third kappa shape index (κ3) is 3.10. The van der Waals surface area contributed by atoms with Crippen LogP contribution >= 0.6 is 0 Å². The molecule has 92 valence electrons. The van der Waals surface area contributed by atoms with Crippen molar-refractivity contribution in [1.82, 2.24) is 0 Å². The molecule has 1 aliphatic carbocycles. The first-order chi connectivity index (χ1) is 8.19. The highest BCUT2D eigenvalue weighted by Crippen LogP contribution is 2.26. The van der Waals surface area contributed by atoms with Gasteiger partial charge in [0.05, 0.1) is 7.11 Å². The van der Waals surface area contributed by atoms with Crippen LogP contribution in [-0.4, -0.2) is 13.2 Å². The van der Waals surface area contributed by atoms with Crippen molar-refractivity contribution < 1.29 is 4.74 Å². The highest BCUT2D eigenvalue weighted by molar-refractivity contribution is 5.58. The van der Waals surface area contributed by atoms with Gasteiger partial charge in [0.2, 0.25) is 0 Å². The summed E-state index contributed by atoms with van der Waals surface area (Å²) in [5.74, 6) is 0.921. The van der Waals surface area contributed by atoms with Gasteiger partial charge in [-0.3, -0.25) is 0 Å². The molecule has 2 nitrogen and oxygen atoms in total. The zero-order valence-electron chi connectivity index (χ0n) is 10.7. The number of methoxy groups -OCH3 is 1. The monoisotopic (exact) mass is 231 g/mol. The van der Waals surface area contributed by atoms with Crippen molar-refractivity contribution in [1.29, 1.82) is 0 Å². The molecule has 2 rings (SSSR count). The Morgan fingerprint density at radius 3 is 2.88 bits per heavy atom. The van der Waals surface area contributed by atoms with Crippen LogP contribution in [0.2, 0.25) is 0 Å². The van der Waals surface area contributed by atoms with Gasteiger partial charge in [0, 0.05) is 6.04 Å². The summed E-state index contributed by atoms with van der Waals surface area (Å²) in [6.45, 7) is 2.12. The van der Waals surface area contributed by atoms with Crippen molar-refractivity contribution >= 4 is 6.08 Å². The first-order valence-electron chi connectivity index (χ1n) is 6.28. The molecule has 17 heavy (non-hydrogen) atoms. The standard InChI is InChI=1S/C15H21NO/c1-11-8-15(17-2)7-6-13(11)9-12-4-3-5-14(16)10-12/h6-9,14H,3-5,10,16H2,1-2H3. The molecule has 0 bridgehead atoms. The SMILES string of the molecule is COc1ccc(C=C2CCCC(N)C2)c(C)c1. The van der Waals surface area contributed by atoms with Crippen molar-refractivity contribution in [2.45, 2.75) is 38.6 Å². The summed E-state index contributed by atoms with van der Waals surface area (Å²) in [7, 11) is 1.70. The second-order valence-electron chi connectivity index (χ2n) is 4.88. The van der Waals surface area contributed by atoms with E-state index >= 15 is 0 Å². The smallest absolute Gasteiger partial charge is 0.119 e. The third-order valence-electron chi connectivity index (χ3n) is 3.43. The molecule has 0 radical (unpaired) electrons. The van der Waals surface area contributed by atoms with Crippen molar-refractivity contribution in [2.75, 3.05) is 7.11 Å². The lowest BCUT2D eigenvalue weighted by molar-refractivity contribution is 0.414. The maximum atomic E-state index is 6.00. The maximum absolute atomic E-state index is 6.00. The molecule has 1 atom stereocenters. The number of hydrogen-bond donors (Lipinski definition) is 1. The molecule has 1 saturated carbocycles. The Bertz CT molecular complexity index is 423. The molecule has 1 aromatic rings. The topological polar surface area (TPSA) is 35.2 Å². The Balaban J connectivity index is 2.19. The Morgan fingerprint density at radius 1 is 1.41 bits per heavy atom. The molecule has 0 amide bonds. The lowest BCUT2D eigenvalue weighted by Crippen LogP contribution is -2.23. The number of rotatable bonds is 2. The summed E-state index contributed by atoms with van der Waals surface area (Å²) in [5, 5.41) is 0. The molecular weight excluding hydrogens is 210 g/mol. The van der Waals surface area contributed by atoms with E-state index in [-0.39, 0.29) is 0 Å². The van der Waals surface area contributed by atoms with Crippen LogP contribution in [0.1, 0.15) is 36.8 Å². The maximum Gasteiger partial charge on any atom is 0.119 e. The second kappa shape index (κ2) is 5.37. The molecule has 2 heteroatoms. The van der Waals surface area contributed by atoms with Crippen molar-refractivity contribution in [2.24, 2.45) is 5.73 Å². The van der Waals surface area contributed by atoms with E-state index in [9.17, 15) is 0 Å². The molecule has 1 fully saturated rings. The van der Waals surface area contributed by atoms with Gasteiger partial charge in [0.25, 0.3) is 0 Å². The Morgan fingerprint density at radius 2 is 2.24 bits per heavy atom. The molecule has 1 unspecified atom stereocenters. The molecular formula is C15H21NO. The Hall–Kier alpha value is -1.28. The lowest BCUT2D eigenvalue weighted by atomic mass is 9.89. The Kier molecular flexibility index (Phi) is 3.85. The van der Waals surface area contributed by atoms with Crippen LogP contribution in [0, 0.1) is 6.92 Å². The predicted molar refractivity (Wildman–Crippen MR) is 72.2 cm³/mol. The highest BCUT2D eigenvalue weighted by atomic mass is 16.5. The number of nitrogens with two attached hydrogens (primary N) is 1. The van der Waals surface area contributed by atoms with Gasteiger partial charge in [0.15, 0.2) is 0 Å². The molecule has 1 aromatic carbocycles. The number of aryl methyl sites for hydroxylation is 1. The second-order valence-corrected chi connectivity index (χ2v) is 4.88. The van der Waals surface area contributed by atoms with E-state index in [0.29, 0.717) is 6.04 Å². The largest absolute Gasteiger partial charge is 0.497 e. The van der Waals surface area contributed by atoms with E-state index in [2.05, 4.69) is 25.1 Å². The van der Waals surface area contributed by atoms with Crippen LogP contribution < -0.4 is 10.5 Å². The fraction of sp³-hybridized carbons (Fsp3) is 0.467. The summed E-state index contributed by atoms with van der Waals surface area (Å²) < 4.78 is 5.22. The number of benzene rings is 1. The predicted octanol–water partition coefficient (Wildman–Crippen LogP) is 3.29. The minimum Gasteiger partial charge on any atom is -0.497 e. The fourth-order valence-electron chi connectivity index (χ4n) is 2.42. The van der Waals surface area contributed by atoms with Crippen LogP contribution in [0.4, 0.5) is 0 Å². The molecule has 0 spiro atoms. The molecule has 0 aromatic heterocycles. The van der Waals surface area contributed by atoms with Gasteiger partial charge in [-0.2, -0.15) is 0 Å². The van der Waals surface area contributed by atoms with Crippen molar-refractivity contribution in [3.05, 3.63) is 34.9 Å². The van der Waals surface area contributed by atoms with Crippen LogP contribution in [0.5, 0.6) is 5.75 Å².